The van der Waals surface area contributed by atoms with E-state index in [9.17, 15) is 4.79 Å². The molecule has 2 aromatic rings. The third kappa shape index (κ3) is 3.26. The number of fused-ring (bicyclic) bond motifs is 3. The molecule has 2 aromatic carbocycles. The lowest BCUT2D eigenvalue weighted by atomic mass is 9.49. The van der Waals surface area contributed by atoms with Gasteiger partial charge >= 0.3 is 0 Å². The van der Waals surface area contributed by atoms with Crippen molar-refractivity contribution in [2.24, 2.45) is 23.2 Å². The molecule has 0 heterocycles. The summed E-state index contributed by atoms with van der Waals surface area (Å²) < 4.78 is 0. The quantitative estimate of drug-likeness (QED) is 0.540. The fraction of sp³-hybridized carbons (Fsp3) is 0.462. The number of rotatable bonds is 3. The highest BCUT2D eigenvalue weighted by Crippen LogP contribution is 2.61. The standard InChI is InChI=1S/C26H28N2OS/c29-24(15-26-12-16-7-17(13-26)9-18(8-16)14-26)28-25(30)27-21-5-6-23-20(11-21)10-19-3-1-2-4-22(19)23/h1-6,11,16-18H,7-10,12-15H2,(H2,27,28,29,30). The summed E-state index contributed by atoms with van der Waals surface area (Å²) in [5.41, 5.74) is 6.49. The van der Waals surface area contributed by atoms with Gasteiger partial charge in [-0.25, -0.2) is 0 Å². The predicted molar refractivity (Wildman–Crippen MR) is 124 cm³/mol. The SMILES string of the molecule is O=C(CC12CC3CC(CC(C3)C1)C2)NC(=S)Nc1ccc2c(c1)Cc1ccccc1-2. The van der Waals surface area contributed by atoms with E-state index in [4.69, 9.17) is 12.2 Å². The monoisotopic (exact) mass is 416 g/mol. The molecule has 4 fully saturated rings. The second kappa shape index (κ2) is 6.91. The lowest BCUT2D eigenvalue weighted by molar-refractivity contribution is -0.127. The summed E-state index contributed by atoms with van der Waals surface area (Å²) in [6.07, 6.45) is 9.55. The first-order valence-corrected chi connectivity index (χ1v) is 11.8. The van der Waals surface area contributed by atoms with Crippen molar-refractivity contribution in [1.29, 1.82) is 0 Å². The van der Waals surface area contributed by atoms with Gasteiger partial charge in [-0.1, -0.05) is 30.3 Å². The predicted octanol–water partition coefficient (Wildman–Crippen LogP) is 5.68. The van der Waals surface area contributed by atoms with E-state index in [0.717, 1.165) is 29.9 Å². The van der Waals surface area contributed by atoms with Crippen LogP contribution in [0.5, 0.6) is 0 Å². The van der Waals surface area contributed by atoms with Crippen LogP contribution < -0.4 is 10.6 Å². The molecule has 0 atom stereocenters. The lowest BCUT2D eigenvalue weighted by Crippen LogP contribution is -2.48. The number of benzene rings is 2. The Morgan fingerprint density at radius 3 is 2.33 bits per heavy atom. The summed E-state index contributed by atoms with van der Waals surface area (Å²) in [6, 6.07) is 14.9. The highest BCUT2D eigenvalue weighted by Gasteiger charge is 2.51. The van der Waals surface area contributed by atoms with E-state index in [2.05, 4.69) is 53.1 Å². The van der Waals surface area contributed by atoms with Gasteiger partial charge in [0.15, 0.2) is 5.11 Å². The maximum Gasteiger partial charge on any atom is 0.226 e. The van der Waals surface area contributed by atoms with Crippen LogP contribution in [-0.4, -0.2) is 11.0 Å². The molecule has 7 rings (SSSR count). The topological polar surface area (TPSA) is 41.1 Å². The average Bonchev–Trinajstić information content (AvgIpc) is 3.03. The third-order valence-electron chi connectivity index (χ3n) is 8.01. The van der Waals surface area contributed by atoms with Crippen molar-refractivity contribution >= 4 is 28.9 Å². The minimum atomic E-state index is 0.0861. The van der Waals surface area contributed by atoms with Gasteiger partial charge in [-0.3, -0.25) is 4.79 Å². The van der Waals surface area contributed by atoms with E-state index in [-0.39, 0.29) is 11.3 Å². The number of anilines is 1. The molecule has 154 valence electrons. The van der Waals surface area contributed by atoms with Crippen LogP contribution in [-0.2, 0) is 11.2 Å². The van der Waals surface area contributed by atoms with E-state index >= 15 is 0 Å². The number of carbonyl (C=O) groups is 1. The van der Waals surface area contributed by atoms with E-state index in [1.165, 1.54) is 60.8 Å². The van der Waals surface area contributed by atoms with Crippen LogP contribution in [0.3, 0.4) is 0 Å². The first-order chi connectivity index (χ1) is 14.6. The smallest absolute Gasteiger partial charge is 0.226 e. The Morgan fingerprint density at radius 1 is 0.933 bits per heavy atom. The molecule has 2 N–H and O–H groups in total. The van der Waals surface area contributed by atoms with Gasteiger partial charge in [0.2, 0.25) is 5.91 Å². The zero-order valence-corrected chi connectivity index (χ0v) is 18.1. The van der Waals surface area contributed by atoms with Gasteiger partial charge in [0.25, 0.3) is 0 Å². The van der Waals surface area contributed by atoms with Crippen molar-refractivity contribution in [3.8, 4) is 11.1 Å². The highest BCUT2D eigenvalue weighted by molar-refractivity contribution is 7.80. The molecule has 0 radical (unpaired) electrons. The van der Waals surface area contributed by atoms with Crippen LogP contribution in [0.4, 0.5) is 5.69 Å². The van der Waals surface area contributed by atoms with Crippen molar-refractivity contribution < 1.29 is 4.79 Å². The van der Waals surface area contributed by atoms with Crippen molar-refractivity contribution in [2.45, 2.75) is 51.4 Å². The molecule has 5 aliphatic rings. The fourth-order valence-electron chi connectivity index (χ4n) is 7.40. The molecule has 0 unspecified atom stereocenters. The number of hydrogen-bond acceptors (Lipinski definition) is 2. The molecule has 0 aliphatic heterocycles. The van der Waals surface area contributed by atoms with E-state index < -0.39 is 0 Å². The summed E-state index contributed by atoms with van der Waals surface area (Å²) in [5, 5.41) is 6.62. The Morgan fingerprint density at radius 2 is 1.60 bits per heavy atom. The molecule has 1 amide bonds. The van der Waals surface area contributed by atoms with Crippen LogP contribution >= 0.6 is 12.2 Å². The Labute approximate surface area is 183 Å². The van der Waals surface area contributed by atoms with Gasteiger partial charge in [-0.2, -0.15) is 0 Å². The van der Waals surface area contributed by atoms with Crippen LogP contribution in [0.25, 0.3) is 11.1 Å². The average molecular weight is 417 g/mol. The number of carbonyl (C=O) groups excluding carboxylic acids is 1. The molecule has 3 nitrogen and oxygen atoms in total. The third-order valence-corrected chi connectivity index (χ3v) is 8.21. The molecule has 0 spiro atoms. The number of amides is 1. The largest absolute Gasteiger partial charge is 0.332 e. The minimum absolute atomic E-state index is 0.0861. The summed E-state index contributed by atoms with van der Waals surface area (Å²) in [5.74, 6) is 2.68. The van der Waals surface area contributed by atoms with Crippen LogP contribution in [0.2, 0.25) is 0 Å². The maximum atomic E-state index is 12.8. The molecular formula is C26H28N2OS. The van der Waals surface area contributed by atoms with Gasteiger partial charge in [0, 0.05) is 12.1 Å². The summed E-state index contributed by atoms with van der Waals surface area (Å²) in [4.78, 5) is 12.8. The molecule has 0 saturated heterocycles. The molecule has 30 heavy (non-hydrogen) atoms. The van der Waals surface area contributed by atoms with Gasteiger partial charge in [-0.05, 0) is 115 Å². The Kier molecular flexibility index (Phi) is 4.28. The minimum Gasteiger partial charge on any atom is -0.332 e. The highest BCUT2D eigenvalue weighted by atomic mass is 32.1. The van der Waals surface area contributed by atoms with Crippen molar-refractivity contribution in [3.63, 3.8) is 0 Å². The van der Waals surface area contributed by atoms with Crippen LogP contribution in [0.15, 0.2) is 42.5 Å². The normalized spacial score (nSPS) is 29.9. The van der Waals surface area contributed by atoms with Crippen molar-refractivity contribution in [1.82, 2.24) is 5.32 Å². The van der Waals surface area contributed by atoms with Crippen molar-refractivity contribution in [3.05, 3.63) is 53.6 Å². The van der Waals surface area contributed by atoms with Gasteiger partial charge < -0.3 is 10.6 Å². The summed E-state index contributed by atoms with van der Waals surface area (Å²) >= 11 is 5.48. The fourth-order valence-corrected chi connectivity index (χ4v) is 7.63. The number of hydrogen-bond donors (Lipinski definition) is 2. The van der Waals surface area contributed by atoms with Gasteiger partial charge in [0.05, 0.1) is 0 Å². The molecule has 4 heteroatoms. The van der Waals surface area contributed by atoms with Gasteiger partial charge in [0.1, 0.15) is 0 Å². The number of thiocarbonyl (C=S) groups is 1. The molecule has 5 aliphatic carbocycles. The maximum absolute atomic E-state index is 12.8. The van der Waals surface area contributed by atoms with Gasteiger partial charge in [-0.15, -0.1) is 0 Å². The molecule has 4 saturated carbocycles. The first kappa shape index (κ1) is 18.6. The van der Waals surface area contributed by atoms with Crippen molar-refractivity contribution in [2.75, 3.05) is 5.32 Å². The van der Waals surface area contributed by atoms with E-state index in [1.54, 1.807) is 0 Å². The lowest BCUT2D eigenvalue weighted by Gasteiger charge is -2.56. The molecule has 0 aromatic heterocycles. The first-order valence-electron chi connectivity index (χ1n) is 11.4. The van der Waals surface area contributed by atoms with E-state index in [1.807, 2.05) is 0 Å². The molecule has 4 bridgehead atoms. The molecular weight excluding hydrogens is 388 g/mol. The zero-order valence-electron chi connectivity index (χ0n) is 17.2. The second-order valence-corrected chi connectivity index (χ2v) is 10.7. The van der Waals surface area contributed by atoms with E-state index in [0.29, 0.717) is 11.5 Å². The number of nitrogens with one attached hydrogen (secondary N) is 2. The Bertz CT molecular complexity index is 1010. The second-order valence-electron chi connectivity index (χ2n) is 10.3. The Balaban J connectivity index is 1.09. The zero-order chi connectivity index (χ0) is 20.3. The van der Waals surface area contributed by atoms with Crippen LogP contribution in [0.1, 0.15) is 56.1 Å². The van der Waals surface area contributed by atoms with Crippen LogP contribution in [0, 0.1) is 23.2 Å². The summed E-state index contributed by atoms with van der Waals surface area (Å²) in [7, 11) is 0. The Hall–Kier alpha value is -2.20. The summed E-state index contributed by atoms with van der Waals surface area (Å²) in [6.45, 7) is 0.